The highest BCUT2D eigenvalue weighted by atomic mass is 31.2. The third-order valence-electron chi connectivity index (χ3n) is 7.68. The van der Waals surface area contributed by atoms with Crippen LogP contribution in [0.15, 0.2) is 91.0 Å². The van der Waals surface area contributed by atoms with Crippen LogP contribution in [0.5, 0.6) is 0 Å². The van der Waals surface area contributed by atoms with E-state index in [0.29, 0.717) is 32.2 Å². The van der Waals surface area contributed by atoms with Crippen molar-refractivity contribution >= 4 is 41.1 Å². The number of amides is 2. The van der Waals surface area contributed by atoms with Crippen LogP contribution in [0.25, 0.3) is 0 Å². The van der Waals surface area contributed by atoms with Gasteiger partial charge >= 0.3 is 12.2 Å². The molecule has 0 aliphatic rings. The summed E-state index contributed by atoms with van der Waals surface area (Å²) >= 11 is 0. The summed E-state index contributed by atoms with van der Waals surface area (Å²) < 4.78 is 10.7. The lowest BCUT2D eigenvalue weighted by Crippen LogP contribution is -2.43. The summed E-state index contributed by atoms with van der Waals surface area (Å²) in [5.74, 6) is 0.00574. The molecule has 254 valence electrons. The molecule has 0 saturated carbocycles. The van der Waals surface area contributed by atoms with E-state index in [1.165, 1.54) is 15.9 Å². The van der Waals surface area contributed by atoms with Gasteiger partial charge in [0, 0.05) is 13.0 Å². The Morgan fingerprint density at radius 2 is 1.09 bits per heavy atom. The Morgan fingerprint density at radius 1 is 0.617 bits per heavy atom. The molecule has 0 fully saturated rings. The molecule has 3 aromatic carbocycles. The minimum atomic E-state index is -1.91. The van der Waals surface area contributed by atoms with E-state index < -0.39 is 36.7 Å². The van der Waals surface area contributed by atoms with Gasteiger partial charge in [0.05, 0.1) is 12.2 Å². The first-order chi connectivity index (χ1) is 22.3. The minimum Gasteiger partial charge on any atom is -0.444 e. The molecule has 7 nitrogen and oxygen atoms in total. The van der Waals surface area contributed by atoms with Gasteiger partial charge in [-0.2, -0.15) is 0 Å². The number of hydrogen-bond donors (Lipinski definition) is 2. The van der Waals surface area contributed by atoms with Crippen LogP contribution in [0.4, 0.5) is 9.59 Å². The Morgan fingerprint density at radius 3 is 1.55 bits per heavy atom. The summed E-state index contributed by atoms with van der Waals surface area (Å²) in [6.07, 6.45) is 4.72. The fourth-order valence-corrected chi connectivity index (χ4v) is 10.0. The zero-order valence-corrected chi connectivity index (χ0v) is 30.0. The molecule has 1 atom stereocenters. The van der Waals surface area contributed by atoms with Crippen LogP contribution in [0.1, 0.15) is 86.5 Å². The van der Waals surface area contributed by atoms with Gasteiger partial charge in [-0.15, -0.1) is 0 Å². The molecule has 0 aromatic heterocycles. The minimum absolute atomic E-state index is 0.00574. The van der Waals surface area contributed by atoms with Gasteiger partial charge in [-0.1, -0.05) is 54.6 Å². The molecule has 0 aliphatic heterocycles. The Labute approximate surface area is 282 Å². The molecule has 0 bridgehead atoms. The summed E-state index contributed by atoms with van der Waals surface area (Å²) in [4.78, 5) is 38.0. The molecule has 0 aliphatic carbocycles. The molecular formula is C39H54N2O5P+. The summed E-state index contributed by atoms with van der Waals surface area (Å²) in [6, 6.07) is 31.9. The van der Waals surface area contributed by atoms with Gasteiger partial charge in [0.2, 0.25) is 0 Å². The van der Waals surface area contributed by atoms with Crippen molar-refractivity contribution in [2.45, 2.75) is 104 Å². The number of unbranched alkanes of at least 4 members (excludes halogenated alkanes) is 3. The lowest BCUT2D eigenvalue weighted by Gasteiger charge is -2.27. The van der Waals surface area contributed by atoms with Crippen LogP contribution < -0.4 is 26.5 Å². The number of carbonyl (C=O) groups is 3. The molecule has 0 radical (unpaired) electrons. The number of rotatable bonds is 16. The number of carbonyl (C=O) groups excluding carboxylic acids is 3. The first kappa shape index (κ1) is 37.8. The van der Waals surface area contributed by atoms with E-state index in [9.17, 15) is 14.4 Å². The first-order valence-electron chi connectivity index (χ1n) is 16.8. The number of alkyl carbamates (subject to hydrolysis) is 2. The van der Waals surface area contributed by atoms with Crippen molar-refractivity contribution in [3.63, 3.8) is 0 Å². The third kappa shape index (κ3) is 12.8. The fraction of sp³-hybridized carbons (Fsp3) is 0.462. The summed E-state index contributed by atoms with van der Waals surface area (Å²) in [6.45, 7) is 11.3. The number of nitrogens with one attached hydrogen (secondary N) is 2. The van der Waals surface area contributed by atoms with E-state index in [1.807, 2.05) is 20.8 Å². The van der Waals surface area contributed by atoms with E-state index in [1.54, 1.807) is 20.8 Å². The number of ketones is 1. The summed E-state index contributed by atoms with van der Waals surface area (Å²) in [5, 5.41) is 9.64. The number of ether oxygens (including phenoxy) is 2. The van der Waals surface area contributed by atoms with Crippen LogP contribution in [0.2, 0.25) is 0 Å². The number of hydrogen-bond acceptors (Lipinski definition) is 5. The molecule has 2 amide bonds. The zero-order chi connectivity index (χ0) is 34.3. The second kappa shape index (κ2) is 18.0. The highest BCUT2D eigenvalue weighted by molar-refractivity contribution is 7.95. The van der Waals surface area contributed by atoms with Crippen LogP contribution in [-0.2, 0) is 14.3 Å². The highest BCUT2D eigenvalue weighted by Gasteiger charge is 2.44. The predicted octanol–water partition coefficient (Wildman–Crippen LogP) is 7.70. The van der Waals surface area contributed by atoms with Gasteiger partial charge in [-0.05, 0) is 116 Å². The topological polar surface area (TPSA) is 93.7 Å². The average Bonchev–Trinajstić information content (AvgIpc) is 3.01. The smallest absolute Gasteiger partial charge is 0.408 e. The summed E-state index contributed by atoms with van der Waals surface area (Å²) in [5.41, 5.74) is -1.23. The van der Waals surface area contributed by atoms with E-state index >= 15 is 0 Å². The molecule has 0 heterocycles. The monoisotopic (exact) mass is 661 g/mol. The van der Waals surface area contributed by atoms with Gasteiger partial charge < -0.3 is 20.1 Å². The van der Waals surface area contributed by atoms with Crippen molar-refractivity contribution in [1.29, 1.82) is 0 Å². The largest absolute Gasteiger partial charge is 0.444 e. The van der Waals surface area contributed by atoms with Crippen LogP contribution in [0.3, 0.4) is 0 Å². The maximum atomic E-state index is 13.4. The van der Waals surface area contributed by atoms with Crippen LogP contribution >= 0.6 is 7.26 Å². The lowest BCUT2D eigenvalue weighted by atomic mass is 10.0. The second-order valence-electron chi connectivity index (χ2n) is 13.9. The first-order valence-corrected chi connectivity index (χ1v) is 18.8. The standard InChI is InChI=1S/C39H53N2O5P/c1-38(2,3)45-36(43)40-29-19-18-27-34(41-37(44)46-39(4,5)6)35(42)28-17-10-20-30-47(31-21-11-7-12-22-31,32-23-13-8-14-24-32)33-25-15-9-16-26-33/h7-9,11-16,21-26,34H,10,17-20,27-30H2,1-6H3,(H-,40,41,43,44)/p+1. The van der Waals surface area contributed by atoms with E-state index in [4.69, 9.17) is 9.47 Å². The Balaban J connectivity index is 1.63. The Bertz CT molecular complexity index is 1290. The zero-order valence-electron chi connectivity index (χ0n) is 29.1. The fourth-order valence-electron chi connectivity index (χ4n) is 5.62. The molecular weight excluding hydrogens is 607 g/mol. The van der Waals surface area contributed by atoms with E-state index in [-0.39, 0.29) is 5.78 Å². The quantitative estimate of drug-likeness (QED) is 0.121. The molecule has 1 unspecified atom stereocenters. The number of benzene rings is 3. The second-order valence-corrected chi connectivity index (χ2v) is 17.6. The number of Topliss-reactive ketones (excluding diaryl/α,β-unsaturated/α-hetero) is 1. The third-order valence-corrected chi connectivity index (χ3v) is 12.2. The van der Waals surface area contributed by atoms with Crippen molar-refractivity contribution in [2.75, 3.05) is 12.7 Å². The van der Waals surface area contributed by atoms with Gasteiger partial charge in [0.1, 0.15) is 34.4 Å². The van der Waals surface area contributed by atoms with Crippen molar-refractivity contribution in [1.82, 2.24) is 10.6 Å². The van der Waals surface area contributed by atoms with Gasteiger partial charge in [-0.25, -0.2) is 9.59 Å². The maximum Gasteiger partial charge on any atom is 0.408 e. The van der Waals surface area contributed by atoms with Crippen LogP contribution in [-0.4, -0.2) is 47.9 Å². The van der Waals surface area contributed by atoms with Gasteiger partial charge in [0.25, 0.3) is 0 Å². The van der Waals surface area contributed by atoms with Crippen molar-refractivity contribution < 1.29 is 23.9 Å². The average molecular weight is 662 g/mol. The highest BCUT2D eigenvalue weighted by Crippen LogP contribution is 2.56. The lowest BCUT2D eigenvalue weighted by molar-refractivity contribution is -0.121. The Kier molecular flexibility index (Phi) is 14.5. The SMILES string of the molecule is CC(C)(C)OC(=O)NCCCCC(NC(=O)OC(C)(C)C)C(=O)CCCCC[P+](c1ccccc1)(c1ccccc1)c1ccccc1. The van der Waals surface area contributed by atoms with E-state index in [0.717, 1.165) is 25.4 Å². The van der Waals surface area contributed by atoms with Gasteiger partial charge in [0.15, 0.2) is 5.78 Å². The predicted molar refractivity (Wildman–Crippen MR) is 195 cm³/mol. The Hall–Kier alpha value is -3.70. The summed E-state index contributed by atoms with van der Waals surface area (Å²) in [7, 11) is -1.91. The molecule has 2 N–H and O–H groups in total. The van der Waals surface area contributed by atoms with Crippen LogP contribution in [0, 0.1) is 0 Å². The molecule has 3 aromatic rings. The van der Waals surface area contributed by atoms with Gasteiger partial charge in [-0.3, -0.25) is 4.79 Å². The maximum absolute atomic E-state index is 13.4. The molecule has 0 saturated heterocycles. The van der Waals surface area contributed by atoms with E-state index in [2.05, 4.69) is 102 Å². The molecule has 0 spiro atoms. The molecule has 3 rings (SSSR count). The molecule has 47 heavy (non-hydrogen) atoms. The molecule has 8 heteroatoms. The van der Waals surface area contributed by atoms with Crippen molar-refractivity contribution in [3.8, 4) is 0 Å². The van der Waals surface area contributed by atoms with Crippen molar-refractivity contribution in [3.05, 3.63) is 91.0 Å². The normalized spacial score (nSPS) is 12.6. The van der Waals surface area contributed by atoms with Crippen molar-refractivity contribution in [2.24, 2.45) is 0 Å².